The molecule has 3 N–H and O–H groups in total. The summed E-state index contributed by atoms with van der Waals surface area (Å²) in [7, 11) is -2.78. The topological polar surface area (TPSA) is 105 Å². The highest BCUT2D eigenvalue weighted by Gasteiger charge is 2.34. The van der Waals surface area contributed by atoms with E-state index in [0.29, 0.717) is 17.4 Å². The molecule has 0 radical (unpaired) electrons. The summed E-state index contributed by atoms with van der Waals surface area (Å²) in [6.07, 6.45) is -6.08. The molecule has 12 heteroatoms. The van der Waals surface area contributed by atoms with Gasteiger partial charge in [-0.1, -0.05) is 23.7 Å². The van der Waals surface area contributed by atoms with Gasteiger partial charge >= 0.3 is 6.18 Å². The molecule has 0 spiro atoms. The average molecular weight is 481 g/mol. The standard InChI is InChI=1S/C19H20ClF3N2O5S/c1-30-13-4-2-12(3-5-13)17(26)11-24-18(27)8-9-25-31(28,29)14-6-7-16(20)15(10-14)19(21,22)23/h2-7,10,17,25-26H,8-9,11H2,1H3,(H,24,27). The first-order valence-electron chi connectivity index (χ1n) is 8.89. The van der Waals surface area contributed by atoms with Gasteiger partial charge < -0.3 is 15.2 Å². The number of nitrogens with one attached hydrogen (secondary N) is 2. The third-order valence-corrected chi connectivity index (χ3v) is 5.98. The molecule has 170 valence electrons. The Hall–Kier alpha value is -2.34. The summed E-state index contributed by atoms with van der Waals surface area (Å²) >= 11 is 5.48. The number of methoxy groups -OCH3 is 1. The van der Waals surface area contributed by atoms with E-state index in [4.69, 9.17) is 16.3 Å². The van der Waals surface area contributed by atoms with E-state index in [1.165, 1.54) is 7.11 Å². The molecule has 0 aliphatic rings. The van der Waals surface area contributed by atoms with Crippen molar-refractivity contribution >= 4 is 27.5 Å². The summed E-state index contributed by atoms with van der Waals surface area (Å²) in [5, 5.41) is 11.9. The first kappa shape index (κ1) is 24.9. The molecule has 0 bridgehead atoms. The maximum absolute atomic E-state index is 12.9. The van der Waals surface area contributed by atoms with E-state index in [2.05, 4.69) is 10.0 Å². The van der Waals surface area contributed by atoms with Crippen LogP contribution in [-0.2, 0) is 21.0 Å². The minimum absolute atomic E-state index is 0.107. The van der Waals surface area contributed by atoms with Crippen LogP contribution in [0.25, 0.3) is 0 Å². The van der Waals surface area contributed by atoms with Gasteiger partial charge in [0.15, 0.2) is 0 Å². The van der Waals surface area contributed by atoms with Crippen LogP contribution in [0.1, 0.15) is 23.7 Å². The van der Waals surface area contributed by atoms with Crippen LogP contribution >= 0.6 is 11.6 Å². The largest absolute Gasteiger partial charge is 0.497 e. The van der Waals surface area contributed by atoms with Gasteiger partial charge in [-0.05, 0) is 35.9 Å². The Balaban J connectivity index is 1.87. The number of hydrogen-bond acceptors (Lipinski definition) is 5. The first-order valence-corrected chi connectivity index (χ1v) is 10.8. The zero-order chi connectivity index (χ0) is 23.2. The second-order valence-electron chi connectivity index (χ2n) is 6.38. The number of halogens is 4. The molecule has 0 fully saturated rings. The molecular formula is C19H20ClF3N2O5S. The summed E-state index contributed by atoms with van der Waals surface area (Å²) in [4.78, 5) is 11.3. The fraction of sp³-hybridized carbons (Fsp3) is 0.316. The lowest BCUT2D eigenvalue weighted by Crippen LogP contribution is -2.33. The van der Waals surface area contributed by atoms with Crippen molar-refractivity contribution < 1.29 is 36.2 Å². The van der Waals surface area contributed by atoms with Gasteiger partial charge in [0.25, 0.3) is 0 Å². The number of carbonyl (C=O) groups is 1. The van der Waals surface area contributed by atoms with Crippen LogP contribution in [-0.4, -0.2) is 39.6 Å². The lowest BCUT2D eigenvalue weighted by atomic mass is 10.1. The maximum atomic E-state index is 12.9. The lowest BCUT2D eigenvalue weighted by molar-refractivity contribution is -0.137. The number of sulfonamides is 1. The zero-order valence-corrected chi connectivity index (χ0v) is 17.8. The molecule has 0 saturated carbocycles. The summed E-state index contributed by atoms with van der Waals surface area (Å²) < 4.78 is 70.2. The number of aliphatic hydroxyl groups is 1. The van der Waals surface area contributed by atoms with Crippen molar-refractivity contribution in [2.24, 2.45) is 0 Å². The third-order valence-electron chi connectivity index (χ3n) is 4.19. The molecule has 2 rings (SSSR count). The van der Waals surface area contributed by atoms with Crippen LogP contribution in [0.15, 0.2) is 47.4 Å². The average Bonchev–Trinajstić information content (AvgIpc) is 2.71. The minimum Gasteiger partial charge on any atom is -0.497 e. The van der Waals surface area contributed by atoms with Crippen molar-refractivity contribution in [3.05, 3.63) is 58.6 Å². The Labute approximate surface area is 182 Å². The summed E-state index contributed by atoms with van der Waals surface area (Å²) in [6.45, 7) is -0.458. The molecule has 2 aromatic carbocycles. The van der Waals surface area contributed by atoms with Gasteiger partial charge in [0.1, 0.15) is 5.75 Å². The fourth-order valence-corrected chi connectivity index (χ4v) is 3.80. The molecule has 0 aliphatic carbocycles. The normalized spacial score (nSPS) is 13.0. The van der Waals surface area contributed by atoms with Gasteiger partial charge in [-0.2, -0.15) is 13.2 Å². The smallest absolute Gasteiger partial charge is 0.417 e. The number of carbonyl (C=O) groups excluding carboxylic acids is 1. The number of amides is 1. The second-order valence-corrected chi connectivity index (χ2v) is 8.55. The quantitative estimate of drug-likeness (QED) is 0.512. The molecule has 1 unspecified atom stereocenters. The van der Waals surface area contributed by atoms with Gasteiger partial charge in [0.05, 0.1) is 28.7 Å². The Kier molecular flexibility index (Phi) is 8.29. The van der Waals surface area contributed by atoms with E-state index in [1.807, 2.05) is 0 Å². The Bertz CT molecular complexity index is 1010. The van der Waals surface area contributed by atoms with E-state index >= 15 is 0 Å². The van der Waals surface area contributed by atoms with Crippen LogP contribution in [0.2, 0.25) is 5.02 Å². The van der Waals surface area contributed by atoms with Crippen molar-refractivity contribution in [2.45, 2.75) is 23.6 Å². The highest BCUT2D eigenvalue weighted by molar-refractivity contribution is 7.89. The molecule has 1 amide bonds. The van der Waals surface area contributed by atoms with Crippen LogP contribution in [0.3, 0.4) is 0 Å². The van der Waals surface area contributed by atoms with Crippen molar-refractivity contribution in [3.8, 4) is 5.75 Å². The Morgan fingerprint density at radius 2 is 1.84 bits per heavy atom. The number of ether oxygens (including phenoxy) is 1. The third kappa shape index (κ3) is 7.10. The Morgan fingerprint density at radius 1 is 1.19 bits per heavy atom. The highest BCUT2D eigenvalue weighted by Crippen LogP contribution is 2.35. The van der Waals surface area contributed by atoms with Crippen LogP contribution in [0.4, 0.5) is 13.2 Å². The van der Waals surface area contributed by atoms with Crippen molar-refractivity contribution in [1.29, 1.82) is 0 Å². The fourth-order valence-electron chi connectivity index (χ4n) is 2.51. The zero-order valence-electron chi connectivity index (χ0n) is 16.2. The van der Waals surface area contributed by atoms with Crippen LogP contribution < -0.4 is 14.8 Å². The molecule has 1 atom stereocenters. The van der Waals surface area contributed by atoms with Crippen molar-refractivity contribution in [1.82, 2.24) is 10.0 Å². The Morgan fingerprint density at radius 3 is 2.42 bits per heavy atom. The van der Waals surface area contributed by atoms with E-state index in [9.17, 15) is 31.5 Å². The molecule has 0 heterocycles. The summed E-state index contributed by atoms with van der Waals surface area (Å²) in [5.41, 5.74) is -0.729. The SMILES string of the molecule is COc1ccc(C(O)CNC(=O)CCNS(=O)(=O)c2ccc(Cl)c(C(F)(F)F)c2)cc1. The molecular weight excluding hydrogens is 461 g/mol. The van der Waals surface area contributed by atoms with Crippen molar-refractivity contribution in [3.63, 3.8) is 0 Å². The van der Waals surface area contributed by atoms with Crippen LogP contribution in [0.5, 0.6) is 5.75 Å². The molecule has 31 heavy (non-hydrogen) atoms. The number of alkyl halides is 3. The number of aliphatic hydroxyl groups excluding tert-OH is 1. The second kappa shape index (κ2) is 10.3. The monoisotopic (exact) mass is 480 g/mol. The molecule has 0 aliphatic heterocycles. The van der Waals surface area contributed by atoms with Gasteiger partial charge in [0, 0.05) is 19.5 Å². The van der Waals surface area contributed by atoms with E-state index in [0.717, 1.165) is 12.1 Å². The first-order chi connectivity index (χ1) is 14.4. The number of hydrogen-bond donors (Lipinski definition) is 3. The van der Waals surface area contributed by atoms with E-state index in [1.54, 1.807) is 24.3 Å². The van der Waals surface area contributed by atoms with Crippen LogP contribution in [0, 0.1) is 0 Å². The van der Waals surface area contributed by atoms with Crippen molar-refractivity contribution in [2.75, 3.05) is 20.2 Å². The number of rotatable bonds is 9. The predicted octanol–water partition coefficient (Wildman–Crippen LogP) is 2.89. The maximum Gasteiger partial charge on any atom is 0.417 e. The van der Waals surface area contributed by atoms with Gasteiger partial charge in [0.2, 0.25) is 15.9 Å². The molecule has 0 aromatic heterocycles. The molecule has 0 saturated heterocycles. The number of benzene rings is 2. The van der Waals surface area contributed by atoms with Gasteiger partial charge in [-0.3, -0.25) is 4.79 Å². The minimum atomic E-state index is -4.81. The highest BCUT2D eigenvalue weighted by atomic mass is 35.5. The predicted molar refractivity (Wildman–Crippen MR) is 107 cm³/mol. The van der Waals surface area contributed by atoms with Gasteiger partial charge in [-0.15, -0.1) is 0 Å². The van der Waals surface area contributed by atoms with Gasteiger partial charge in [-0.25, -0.2) is 13.1 Å². The lowest BCUT2D eigenvalue weighted by Gasteiger charge is -2.13. The summed E-state index contributed by atoms with van der Waals surface area (Å²) in [5.74, 6) is 0.0534. The van der Waals surface area contributed by atoms with E-state index < -0.39 is 43.7 Å². The molecule has 2 aromatic rings. The van der Waals surface area contributed by atoms with E-state index in [-0.39, 0.29) is 19.5 Å². The summed E-state index contributed by atoms with van der Waals surface area (Å²) in [6, 6.07) is 8.76. The molecule has 7 nitrogen and oxygen atoms in total.